The highest BCUT2D eigenvalue weighted by Crippen LogP contribution is 2.28. The molecule has 0 aliphatic heterocycles. The van der Waals surface area contributed by atoms with Gasteiger partial charge in [0.05, 0.1) is 6.26 Å². The maximum Gasteiger partial charge on any atom is 0.264 e. The van der Waals surface area contributed by atoms with Gasteiger partial charge in [-0.25, -0.2) is 0 Å². The van der Waals surface area contributed by atoms with Crippen molar-refractivity contribution in [2.24, 2.45) is 5.92 Å². The molecule has 88 valence electrons. The van der Waals surface area contributed by atoms with Gasteiger partial charge in [0.25, 0.3) is 10.1 Å². The fourth-order valence-electron chi connectivity index (χ4n) is 1.91. The molecule has 1 saturated carbocycles. The van der Waals surface area contributed by atoms with Gasteiger partial charge in [-0.05, 0) is 12.3 Å². The molecule has 5 heteroatoms. The van der Waals surface area contributed by atoms with Gasteiger partial charge in [0.1, 0.15) is 6.61 Å². The Morgan fingerprint density at radius 2 is 1.93 bits per heavy atom. The molecule has 0 bridgehead atoms. The van der Waals surface area contributed by atoms with E-state index in [1.807, 2.05) is 0 Å². The second kappa shape index (κ2) is 5.61. The zero-order valence-corrected chi connectivity index (χ0v) is 9.88. The predicted octanol–water partition coefficient (Wildman–Crippen LogP) is 1.50. The molecule has 0 N–H and O–H groups in total. The van der Waals surface area contributed by atoms with Crippen LogP contribution >= 0.6 is 0 Å². The van der Waals surface area contributed by atoms with Crippen LogP contribution in [0.1, 0.15) is 38.5 Å². The van der Waals surface area contributed by atoms with Crippen LogP contribution in [-0.4, -0.2) is 27.1 Å². The minimum atomic E-state index is -3.48. The topological polar surface area (TPSA) is 60.4 Å². The summed E-state index contributed by atoms with van der Waals surface area (Å²) in [5.41, 5.74) is 0. The van der Waals surface area contributed by atoms with Crippen LogP contribution in [0.2, 0.25) is 0 Å². The van der Waals surface area contributed by atoms with E-state index in [2.05, 4.69) is 4.18 Å². The minimum Gasteiger partial charge on any atom is -0.297 e. The Kier molecular flexibility index (Phi) is 4.73. The first-order valence-corrected chi connectivity index (χ1v) is 7.15. The summed E-state index contributed by atoms with van der Waals surface area (Å²) in [6.07, 6.45) is 7.22. The van der Waals surface area contributed by atoms with Crippen LogP contribution in [0.5, 0.6) is 0 Å². The van der Waals surface area contributed by atoms with Gasteiger partial charge < -0.3 is 0 Å². The van der Waals surface area contributed by atoms with Crippen LogP contribution in [0.15, 0.2) is 0 Å². The smallest absolute Gasteiger partial charge is 0.264 e. The number of Topliss-reactive ketones (excluding diaryl/α,β-unsaturated/α-hetero) is 1. The van der Waals surface area contributed by atoms with Crippen molar-refractivity contribution in [1.82, 2.24) is 0 Å². The van der Waals surface area contributed by atoms with E-state index in [1.54, 1.807) is 0 Å². The van der Waals surface area contributed by atoms with Gasteiger partial charge in [0, 0.05) is 6.42 Å². The lowest BCUT2D eigenvalue weighted by atomic mass is 10.0. The molecule has 0 amide bonds. The third-order valence-electron chi connectivity index (χ3n) is 2.74. The Balaban J connectivity index is 2.13. The molecule has 0 saturated heterocycles. The Labute approximate surface area is 91.1 Å². The molecule has 0 aromatic carbocycles. The van der Waals surface area contributed by atoms with Crippen LogP contribution in [-0.2, 0) is 19.1 Å². The second-order valence-electron chi connectivity index (χ2n) is 4.19. The van der Waals surface area contributed by atoms with Gasteiger partial charge in [-0.15, -0.1) is 0 Å². The SMILES string of the molecule is CS(=O)(=O)OCC(=O)CCC1CCCC1. The summed E-state index contributed by atoms with van der Waals surface area (Å²) in [6, 6.07) is 0. The first-order valence-electron chi connectivity index (χ1n) is 5.33. The third-order valence-corrected chi connectivity index (χ3v) is 3.29. The van der Waals surface area contributed by atoms with Crippen LogP contribution in [0.4, 0.5) is 0 Å². The number of hydrogen-bond donors (Lipinski definition) is 0. The fraction of sp³-hybridized carbons (Fsp3) is 0.900. The molecule has 1 fully saturated rings. The van der Waals surface area contributed by atoms with Crippen molar-refractivity contribution in [3.05, 3.63) is 0 Å². The van der Waals surface area contributed by atoms with Gasteiger partial charge in [-0.3, -0.25) is 8.98 Å². The van der Waals surface area contributed by atoms with E-state index in [0.717, 1.165) is 12.7 Å². The molecule has 0 aromatic rings. The highest BCUT2D eigenvalue weighted by molar-refractivity contribution is 7.86. The average molecular weight is 234 g/mol. The summed E-state index contributed by atoms with van der Waals surface area (Å²) in [4.78, 5) is 11.3. The zero-order valence-electron chi connectivity index (χ0n) is 9.07. The largest absolute Gasteiger partial charge is 0.297 e. The maximum absolute atomic E-state index is 11.3. The quantitative estimate of drug-likeness (QED) is 0.653. The number of hydrogen-bond acceptors (Lipinski definition) is 4. The lowest BCUT2D eigenvalue weighted by molar-refractivity contribution is -0.121. The Morgan fingerprint density at radius 3 is 2.47 bits per heavy atom. The van der Waals surface area contributed by atoms with Crippen molar-refractivity contribution < 1.29 is 17.4 Å². The highest BCUT2D eigenvalue weighted by Gasteiger charge is 2.16. The number of carbonyl (C=O) groups is 1. The van der Waals surface area contributed by atoms with E-state index >= 15 is 0 Å². The molecule has 0 atom stereocenters. The summed E-state index contributed by atoms with van der Waals surface area (Å²) >= 11 is 0. The lowest BCUT2D eigenvalue weighted by Crippen LogP contribution is -2.13. The summed E-state index contributed by atoms with van der Waals surface area (Å²) in [6.45, 7) is -0.300. The molecule has 0 aromatic heterocycles. The summed E-state index contributed by atoms with van der Waals surface area (Å²) < 4.78 is 25.7. The van der Waals surface area contributed by atoms with Gasteiger partial charge >= 0.3 is 0 Å². The molecular weight excluding hydrogens is 216 g/mol. The van der Waals surface area contributed by atoms with Crippen molar-refractivity contribution >= 4 is 15.9 Å². The third kappa shape index (κ3) is 5.89. The number of carbonyl (C=O) groups excluding carboxylic acids is 1. The Hall–Kier alpha value is -0.420. The van der Waals surface area contributed by atoms with E-state index in [-0.39, 0.29) is 12.4 Å². The average Bonchev–Trinajstić information content (AvgIpc) is 2.62. The first kappa shape index (κ1) is 12.6. The summed E-state index contributed by atoms with van der Waals surface area (Å²) in [5.74, 6) is 0.541. The van der Waals surface area contributed by atoms with Gasteiger partial charge in [-0.2, -0.15) is 8.42 Å². The molecule has 4 nitrogen and oxygen atoms in total. The van der Waals surface area contributed by atoms with E-state index in [0.29, 0.717) is 12.3 Å². The summed E-state index contributed by atoms with van der Waals surface area (Å²) in [7, 11) is -3.48. The molecule has 0 spiro atoms. The van der Waals surface area contributed by atoms with Gasteiger partial charge in [0.15, 0.2) is 5.78 Å². The van der Waals surface area contributed by atoms with Gasteiger partial charge in [-0.1, -0.05) is 25.7 Å². The molecule has 15 heavy (non-hydrogen) atoms. The van der Waals surface area contributed by atoms with Gasteiger partial charge in [0.2, 0.25) is 0 Å². The number of rotatable bonds is 6. The highest BCUT2D eigenvalue weighted by atomic mass is 32.2. The maximum atomic E-state index is 11.3. The van der Waals surface area contributed by atoms with E-state index in [1.165, 1.54) is 25.7 Å². The van der Waals surface area contributed by atoms with Crippen molar-refractivity contribution in [2.75, 3.05) is 12.9 Å². The van der Waals surface area contributed by atoms with Crippen molar-refractivity contribution in [3.8, 4) is 0 Å². The van der Waals surface area contributed by atoms with E-state index < -0.39 is 10.1 Å². The standard InChI is InChI=1S/C10H18O4S/c1-15(12,13)14-8-10(11)7-6-9-4-2-3-5-9/h9H,2-8H2,1H3. The molecule has 0 heterocycles. The molecule has 1 rings (SSSR count). The second-order valence-corrected chi connectivity index (χ2v) is 5.84. The van der Waals surface area contributed by atoms with Crippen LogP contribution in [0.25, 0.3) is 0 Å². The van der Waals surface area contributed by atoms with E-state index in [9.17, 15) is 13.2 Å². The van der Waals surface area contributed by atoms with Crippen LogP contribution in [0, 0.1) is 5.92 Å². The fourth-order valence-corrected chi connectivity index (χ4v) is 2.25. The molecule has 1 aliphatic rings. The molecule has 0 unspecified atom stereocenters. The molecule has 1 aliphatic carbocycles. The van der Waals surface area contributed by atoms with Crippen LogP contribution in [0.3, 0.4) is 0 Å². The van der Waals surface area contributed by atoms with Crippen LogP contribution < -0.4 is 0 Å². The predicted molar refractivity (Wildman–Crippen MR) is 57.0 cm³/mol. The first-order chi connectivity index (χ1) is 6.97. The Bertz CT molecular complexity index is 301. The normalized spacial score (nSPS) is 18.2. The Morgan fingerprint density at radius 1 is 1.33 bits per heavy atom. The minimum absolute atomic E-state index is 0.118. The lowest BCUT2D eigenvalue weighted by Gasteiger charge is -2.07. The summed E-state index contributed by atoms with van der Waals surface area (Å²) in [5, 5.41) is 0. The number of ketones is 1. The van der Waals surface area contributed by atoms with Crippen molar-refractivity contribution in [1.29, 1.82) is 0 Å². The monoisotopic (exact) mass is 234 g/mol. The zero-order chi connectivity index (χ0) is 11.3. The van der Waals surface area contributed by atoms with Crippen molar-refractivity contribution in [2.45, 2.75) is 38.5 Å². The van der Waals surface area contributed by atoms with E-state index in [4.69, 9.17) is 0 Å². The molecule has 0 radical (unpaired) electrons. The van der Waals surface area contributed by atoms with Crippen molar-refractivity contribution in [3.63, 3.8) is 0 Å². The molecular formula is C10H18O4S.